The molecule has 0 heterocycles. The number of nitrogens with two attached hydrogens (primary N) is 1. The van der Waals surface area contributed by atoms with Crippen LogP contribution in [0.15, 0.2) is 36.4 Å². The molecule has 0 amide bonds. The van der Waals surface area contributed by atoms with E-state index in [-0.39, 0.29) is 0 Å². The average Bonchev–Trinajstić information content (AvgIpc) is 2.23. The van der Waals surface area contributed by atoms with Crippen LogP contribution in [0, 0.1) is 6.92 Å². The molecular formula is C13H11Cl2N. The third-order valence-electron chi connectivity index (χ3n) is 2.50. The number of rotatable bonds is 1. The Hall–Kier alpha value is -1.18. The van der Waals surface area contributed by atoms with E-state index in [1.54, 1.807) is 6.07 Å². The van der Waals surface area contributed by atoms with Gasteiger partial charge in [-0.15, -0.1) is 0 Å². The highest BCUT2D eigenvalue weighted by molar-refractivity contribution is 6.34. The molecule has 82 valence electrons. The molecule has 0 radical (unpaired) electrons. The summed E-state index contributed by atoms with van der Waals surface area (Å²) in [5.41, 5.74) is 9.46. The molecule has 0 bridgehead atoms. The first-order valence-corrected chi connectivity index (χ1v) is 5.65. The van der Waals surface area contributed by atoms with Crippen molar-refractivity contribution in [1.29, 1.82) is 0 Å². The van der Waals surface area contributed by atoms with Gasteiger partial charge in [0.15, 0.2) is 0 Å². The summed E-state index contributed by atoms with van der Waals surface area (Å²) in [6.45, 7) is 1.97. The Balaban J connectivity index is 2.63. The maximum Gasteiger partial charge on any atom is 0.0514 e. The molecule has 0 aromatic heterocycles. The second-order valence-corrected chi connectivity index (χ2v) is 4.48. The Morgan fingerprint density at radius 3 is 2.44 bits per heavy atom. The van der Waals surface area contributed by atoms with Crippen molar-refractivity contribution < 1.29 is 0 Å². The lowest BCUT2D eigenvalue weighted by molar-refractivity contribution is 1.46. The fourth-order valence-electron chi connectivity index (χ4n) is 1.63. The second kappa shape index (κ2) is 4.36. The fraction of sp³-hybridized carbons (Fsp3) is 0.0769. The number of benzene rings is 2. The summed E-state index contributed by atoms with van der Waals surface area (Å²) in [4.78, 5) is 0. The zero-order chi connectivity index (χ0) is 11.7. The minimum Gasteiger partial charge on any atom is -0.398 e. The van der Waals surface area contributed by atoms with E-state index in [9.17, 15) is 0 Å². The smallest absolute Gasteiger partial charge is 0.0514 e. The molecule has 0 aliphatic rings. The minimum atomic E-state index is 0.630. The molecule has 0 fully saturated rings. The fourth-order valence-corrected chi connectivity index (χ4v) is 2.04. The first-order chi connectivity index (χ1) is 7.59. The van der Waals surface area contributed by atoms with Crippen molar-refractivity contribution in [2.24, 2.45) is 0 Å². The van der Waals surface area contributed by atoms with Crippen LogP contribution in [0.1, 0.15) is 5.56 Å². The van der Waals surface area contributed by atoms with Crippen LogP contribution in [0.3, 0.4) is 0 Å². The van der Waals surface area contributed by atoms with Gasteiger partial charge in [0, 0.05) is 21.8 Å². The van der Waals surface area contributed by atoms with Gasteiger partial charge in [0.25, 0.3) is 0 Å². The molecule has 2 aromatic carbocycles. The van der Waals surface area contributed by atoms with Crippen LogP contribution >= 0.6 is 23.2 Å². The van der Waals surface area contributed by atoms with Crippen LogP contribution in [0.25, 0.3) is 11.1 Å². The van der Waals surface area contributed by atoms with Gasteiger partial charge in [-0.25, -0.2) is 0 Å². The summed E-state index contributed by atoms with van der Waals surface area (Å²) in [5, 5.41) is 1.36. The number of hydrogen-bond donors (Lipinski definition) is 1. The van der Waals surface area contributed by atoms with E-state index in [0.717, 1.165) is 21.7 Å². The predicted octanol–water partition coefficient (Wildman–Crippen LogP) is 4.55. The third kappa shape index (κ3) is 2.01. The average molecular weight is 252 g/mol. The zero-order valence-electron chi connectivity index (χ0n) is 8.80. The SMILES string of the molecule is Cc1cccc(-c2ccc(Cl)cc2N)c1Cl. The van der Waals surface area contributed by atoms with E-state index in [4.69, 9.17) is 28.9 Å². The Labute approximate surface area is 105 Å². The summed E-state index contributed by atoms with van der Waals surface area (Å²) in [5.74, 6) is 0. The normalized spacial score (nSPS) is 10.4. The van der Waals surface area contributed by atoms with Crippen LogP contribution in [0.5, 0.6) is 0 Å². The van der Waals surface area contributed by atoms with Crippen molar-refractivity contribution in [1.82, 2.24) is 0 Å². The van der Waals surface area contributed by atoms with E-state index in [1.165, 1.54) is 0 Å². The topological polar surface area (TPSA) is 26.0 Å². The maximum absolute atomic E-state index is 6.25. The van der Waals surface area contributed by atoms with Crippen molar-refractivity contribution in [2.45, 2.75) is 6.92 Å². The molecule has 0 aliphatic carbocycles. The first kappa shape index (κ1) is 11.3. The van der Waals surface area contributed by atoms with Gasteiger partial charge in [0.2, 0.25) is 0 Å². The molecule has 1 nitrogen and oxygen atoms in total. The molecule has 0 saturated heterocycles. The van der Waals surface area contributed by atoms with Gasteiger partial charge < -0.3 is 5.73 Å². The van der Waals surface area contributed by atoms with E-state index < -0.39 is 0 Å². The number of anilines is 1. The molecule has 2 rings (SSSR count). The van der Waals surface area contributed by atoms with Crippen LogP contribution in [0.4, 0.5) is 5.69 Å². The Kier molecular flexibility index (Phi) is 3.08. The molecule has 0 unspecified atom stereocenters. The maximum atomic E-state index is 6.25. The molecule has 0 spiro atoms. The zero-order valence-corrected chi connectivity index (χ0v) is 10.3. The Morgan fingerprint density at radius 1 is 1.00 bits per heavy atom. The molecule has 16 heavy (non-hydrogen) atoms. The van der Waals surface area contributed by atoms with E-state index in [1.807, 2.05) is 37.3 Å². The number of aryl methyl sites for hydroxylation is 1. The number of halogens is 2. The summed E-state index contributed by atoms with van der Waals surface area (Å²) in [6.07, 6.45) is 0. The van der Waals surface area contributed by atoms with E-state index >= 15 is 0 Å². The third-order valence-corrected chi connectivity index (χ3v) is 3.23. The standard InChI is InChI=1S/C13H11Cl2N/c1-8-3-2-4-11(13(8)15)10-6-5-9(14)7-12(10)16/h2-7H,16H2,1H3. The minimum absolute atomic E-state index is 0.630. The molecule has 0 atom stereocenters. The molecule has 0 aliphatic heterocycles. The lowest BCUT2D eigenvalue weighted by atomic mass is 10.0. The quantitative estimate of drug-likeness (QED) is 0.740. The Morgan fingerprint density at radius 2 is 1.75 bits per heavy atom. The van der Waals surface area contributed by atoms with E-state index in [2.05, 4.69) is 0 Å². The monoisotopic (exact) mass is 251 g/mol. The van der Waals surface area contributed by atoms with Crippen molar-refractivity contribution in [3.63, 3.8) is 0 Å². The van der Waals surface area contributed by atoms with Crippen LogP contribution in [-0.2, 0) is 0 Å². The van der Waals surface area contributed by atoms with Crippen LogP contribution in [0.2, 0.25) is 10.0 Å². The van der Waals surface area contributed by atoms with E-state index in [0.29, 0.717) is 10.7 Å². The predicted molar refractivity (Wildman–Crippen MR) is 71.0 cm³/mol. The highest BCUT2D eigenvalue weighted by atomic mass is 35.5. The largest absolute Gasteiger partial charge is 0.398 e. The van der Waals surface area contributed by atoms with Crippen molar-refractivity contribution in [3.05, 3.63) is 52.0 Å². The first-order valence-electron chi connectivity index (χ1n) is 4.90. The molecule has 2 N–H and O–H groups in total. The Bertz CT molecular complexity index is 535. The molecular weight excluding hydrogens is 241 g/mol. The van der Waals surface area contributed by atoms with Crippen LogP contribution < -0.4 is 5.73 Å². The van der Waals surface area contributed by atoms with Crippen molar-refractivity contribution in [3.8, 4) is 11.1 Å². The highest BCUT2D eigenvalue weighted by Gasteiger charge is 2.08. The van der Waals surface area contributed by atoms with Gasteiger partial charge in [-0.1, -0.05) is 47.5 Å². The molecule has 3 heteroatoms. The van der Waals surface area contributed by atoms with Gasteiger partial charge in [0.1, 0.15) is 0 Å². The van der Waals surface area contributed by atoms with Gasteiger partial charge >= 0.3 is 0 Å². The highest BCUT2D eigenvalue weighted by Crippen LogP contribution is 2.34. The lowest BCUT2D eigenvalue weighted by Crippen LogP contribution is -1.91. The number of nitrogen functional groups attached to an aromatic ring is 1. The van der Waals surface area contributed by atoms with Gasteiger partial charge in [0.05, 0.1) is 5.02 Å². The van der Waals surface area contributed by atoms with Crippen molar-refractivity contribution in [2.75, 3.05) is 5.73 Å². The summed E-state index contributed by atoms with van der Waals surface area (Å²) in [7, 11) is 0. The lowest BCUT2D eigenvalue weighted by Gasteiger charge is -2.09. The van der Waals surface area contributed by atoms with Crippen molar-refractivity contribution >= 4 is 28.9 Å². The van der Waals surface area contributed by atoms with Gasteiger partial charge in [-0.05, 0) is 24.6 Å². The summed E-state index contributed by atoms with van der Waals surface area (Å²) < 4.78 is 0. The summed E-state index contributed by atoms with van der Waals surface area (Å²) >= 11 is 12.1. The molecule has 0 saturated carbocycles. The van der Waals surface area contributed by atoms with Gasteiger partial charge in [-0.3, -0.25) is 0 Å². The summed E-state index contributed by atoms with van der Waals surface area (Å²) in [6, 6.07) is 11.3. The molecule has 2 aromatic rings. The van der Waals surface area contributed by atoms with Gasteiger partial charge in [-0.2, -0.15) is 0 Å². The second-order valence-electron chi connectivity index (χ2n) is 3.67. The number of hydrogen-bond acceptors (Lipinski definition) is 1. The van der Waals surface area contributed by atoms with Crippen LogP contribution in [-0.4, -0.2) is 0 Å².